The van der Waals surface area contributed by atoms with E-state index in [0.717, 1.165) is 0 Å². The molecular formula is C18H29NO6. The largest absolute Gasteiger partial charge is 0.469 e. The number of fused-ring (bicyclic) bond motifs is 1. The van der Waals surface area contributed by atoms with Crippen molar-refractivity contribution in [3.63, 3.8) is 0 Å². The number of esters is 2. The third-order valence-electron chi connectivity index (χ3n) is 3.98. The molecule has 1 saturated heterocycles. The first-order chi connectivity index (χ1) is 11.4. The molecule has 0 amide bonds. The zero-order chi connectivity index (χ0) is 19.0. The second-order valence-corrected chi connectivity index (χ2v) is 8.49. The predicted octanol–water partition coefficient (Wildman–Crippen LogP) is 2.47. The Morgan fingerprint density at radius 3 is 2.20 bits per heavy atom. The van der Waals surface area contributed by atoms with Crippen LogP contribution in [0.5, 0.6) is 0 Å². The maximum Gasteiger partial charge on any atom is 0.311 e. The van der Waals surface area contributed by atoms with Gasteiger partial charge in [-0.15, -0.1) is 0 Å². The lowest BCUT2D eigenvalue weighted by Crippen LogP contribution is -2.42. The van der Waals surface area contributed by atoms with Crippen LogP contribution in [-0.2, 0) is 28.5 Å². The molecule has 1 fully saturated rings. The second-order valence-electron chi connectivity index (χ2n) is 8.49. The average Bonchev–Trinajstić information content (AvgIpc) is 3.01. The number of carbonyl (C=O) groups excluding carboxylic acids is 2. The molecule has 0 aliphatic carbocycles. The zero-order valence-corrected chi connectivity index (χ0v) is 16.1. The van der Waals surface area contributed by atoms with E-state index in [1.165, 1.54) is 0 Å². The first-order valence-electron chi connectivity index (χ1n) is 8.70. The SMILES string of the molecule is CCC1=N[C@H]2O[C@H](COC(=O)C(C)(C)C)[C@H](OC(=O)C(C)(C)C)[C@H]2O1. The summed E-state index contributed by atoms with van der Waals surface area (Å²) < 4.78 is 22.6. The Bertz CT molecular complexity index is 557. The summed E-state index contributed by atoms with van der Waals surface area (Å²) in [5.74, 6) is -0.118. The van der Waals surface area contributed by atoms with Gasteiger partial charge in [0.05, 0.1) is 10.8 Å². The molecule has 4 atom stereocenters. The number of carbonyl (C=O) groups is 2. The van der Waals surface area contributed by atoms with Crippen LogP contribution in [0.4, 0.5) is 0 Å². The van der Waals surface area contributed by atoms with Gasteiger partial charge in [-0.1, -0.05) is 6.92 Å². The van der Waals surface area contributed by atoms with Crippen LogP contribution in [-0.4, -0.2) is 49.0 Å². The van der Waals surface area contributed by atoms with Crippen molar-refractivity contribution in [1.29, 1.82) is 0 Å². The van der Waals surface area contributed by atoms with E-state index >= 15 is 0 Å². The molecule has 0 bridgehead atoms. The van der Waals surface area contributed by atoms with Crippen LogP contribution >= 0.6 is 0 Å². The van der Waals surface area contributed by atoms with Gasteiger partial charge < -0.3 is 18.9 Å². The lowest BCUT2D eigenvalue weighted by molar-refractivity contribution is -0.169. The number of nitrogens with zero attached hydrogens (tertiary/aromatic N) is 1. The van der Waals surface area contributed by atoms with Crippen LogP contribution in [0.25, 0.3) is 0 Å². The van der Waals surface area contributed by atoms with E-state index < -0.39 is 35.4 Å². The Balaban J connectivity index is 2.09. The molecule has 7 heteroatoms. The highest BCUT2D eigenvalue weighted by atomic mass is 16.7. The molecule has 0 saturated carbocycles. The van der Waals surface area contributed by atoms with Gasteiger partial charge in [0.15, 0.2) is 24.3 Å². The topological polar surface area (TPSA) is 83.4 Å². The highest BCUT2D eigenvalue weighted by Gasteiger charge is 2.53. The fourth-order valence-corrected chi connectivity index (χ4v) is 2.39. The molecule has 0 aromatic carbocycles. The molecular weight excluding hydrogens is 326 g/mol. The van der Waals surface area contributed by atoms with Crippen molar-refractivity contribution in [3.8, 4) is 0 Å². The van der Waals surface area contributed by atoms with Crippen molar-refractivity contribution >= 4 is 17.8 Å². The fourth-order valence-electron chi connectivity index (χ4n) is 2.39. The van der Waals surface area contributed by atoms with Gasteiger partial charge in [0.25, 0.3) is 0 Å². The van der Waals surface area contributed by atoms with E-state index in [-0.39, 0.29) is 18.5 Å². The van der Waals surface area contributed by atoms with Crippen LogP contribution in [0.2, 0.25) is 0 Å². The molecule has 2 aliphatic rings. The molecule has 7 nitrogen and oxygen atoms in total. The van der Waals surface area contributed by atoms with Gasteiger partial charge in [0.1, 0.15) is 12.7 Å². The smallest absolute Gasteiger partial charge is 0.311 e. The van der Waals surface area contributed by atoms with Gasteiger partial charge in [-0.25, -0.2) is 4.99 Å². The van der Waals surface area contributed by atoms with Gasteiger partial charge in [-0.3, -0.25) is 9.59 Å². The standard InChI is InChI=1S/C18H29NO6/c1-8-11-19-14-13(24-11)12(25-16(21)18(5,6)7)10(23-14)9-22-15(20)17(2,3)4/h10,12-14H,8-9H2,1-7H3/t10-,12+,13-,14+/m1/s1. The first-order valence-corrected chi connectivity index (χ1v) is 8.70. The summed E-state index contributed by atoms with van der Waals surface area (Å²) in [6, 6.07) is 0. The summed E-state index contributed by atoms with van der Waals surface area (Å²) in [5.41, 5.74) is -1.27. The highest BCUT2D eigenvalue weighted by Crippen LogP contribution is 2.34. The molecule has 0 N–H and O–H groups in total. The Hall–Kier alpha value is -1.63. The molecule has 0 radical (unpaired) electrons. The van der Waals surface area contributed by atoms with Gasteiger partial charge in [0, 0.05) is 6.42 Å². The summed E-state index contributed by atoms with van der Waals surface area (Å²) >= 11 is 0. The Morgan fingerprint density at radius 1 is 1.08 bits per heavy atom. The van der Waals surface area contributed by atoms with Crippen molar-refractivity contribution in [1.82, 2.24) is 0 Å². The maximum absolute atomic E-state index is 12.3. The van der Waals surface area contributed by atoms with E-state index in [2.05, 4.69) is 4.99 Å². The Morgan fingerprint density at radius 2 is 1.68 bits per heavy atom. The van der Waals surface area contributed by atoms with Crippen molar-refractivity contribution in [3.05, 3.63) is 0 Å². The lowest BCUT2D eigenvalue weighted by atomic mass is 9.97. The van der Waals surface area contributed by atoms with Crippen LogP contribution in [0.3, 0.4) is 0 Å². The van der Waals surface area contributed by atoms with E-state index in [4.69, 9.17) is 18.9 Å². The van der Waals surface area contributed by atoms with E-state index in [0.29, 0.717) is 12.3 Å². The molecule has 0 unspecified atom stereocenters. The average molecular weight is 355 g/mol. The number of aliphatic imine (C=N–C) groups is 1. The molecule has 2 aliphatic heterocycles. The number of ether oxygens (including phenoxy) is 4. The zero-order valence-electron chi connectivity index (χ0n) is 16.1. The van der Waals surface area contributed by atoms with Crippen LogP contribution in [0.1, 0.15) is 54.9 Å². The molecule has 2 heterocycles. The van der Waals surface area contributed by atoms with Crippen LogP contribution < -0.4 is 0 Å². The minimum absolute atomic E-state index is 0.00840. The summed E-state index contributed by atoms with van der Waals surface area (Å²) in [5, 5.41) is 0. The van der Waals surface area contributed by atoms with E-state index in [9.17, 15) is 9.59 Å². The summed E-state index contributed by atoms with van der Waals surface area (Å²) in [6.07, 6.45) is -1.67. The minimum Gasteiger partial charge on any atom is -0.469 e. The second kappa shape index (κ2) is 6.94. The molecule has 0 aromatic rings. The van der Waals surface area contributed by atoms with Gasteiger partial charge >= 0.3 is 11.9 Å². The quantitative estimate of drug-likeness (QED) is 0.721. The molecule has 2 rings (SSSR count). The Labute approximate surface area is 149 Å². The van der Waals surface area contributed by atoms with E-state index in [1.807, 2.05) is 6.92 Å². The molecule has 142 valence electrons. The van der Waals surface area contributed by atoms with Gasteiger partial charge in [-0.05, 0) is 41.5 Å². The Kier molecular flexibility index (Phi) is 5.47. The molecule has 0 spiro atoms. The number of hydrogen-bond donors (Lipinski definition) is 0. The van der Waals surface area contributed by atoms with Crippen molar-refractivity contribution in [2.75, 3.05) is 6.61 Å². The van der Waals surface area contributed by atoms with Gasteiger partial charge in [-0.2, -0.15) is 0 Å². The summed E-state index contributed by atoms with van der Waals surface area (Å²) in [7, 11) is 0. The fraction of sp³-hybridized carbons (Fsp3) is 0.833. The van der Waals surface area contributed by atoms with Crippen LogP contribution in [0, 0.1) is 10.8 Å². The third kappa shape index (κ3) is 4.51. The third-order valence-corrected chi connectivity index (χ3v) is 3.98. The van der Waals surface area contributed by atoms with Crippen molar-refractivity contribution in [2.45, 2.75) is 79.4 Å². The van der Waals surface area contributed by atoms with Crippen LogP contribution in [0.15, 0.2) is 4.99 Å². The highest BCUT2D eigenvalue weighted by molar-refractivity contribution is 5.78. The van der Waals surface area contributed by atoms with E-state index in [1.54, 1.807) is 41.5 Å². The van der Waals surface area contributed by atoms with Crippen molar-refractivity contribution < 1.29 is 28.5 Å². The maximum atomic E-state index is 12.3. The molecule has 0 aromatic heterocycles. The first kappa shape index (κ1) is 19.7. The predicted molar refractivity (Wildman–Crippen MR) is 91.0 cm³/mol. The number of rotatable bonds is 4. The van der Waals surface area contributed by atoms with Crippen molar-refractivity contribution in [2.24, 2.45) is 15.8 Å². The van der Waals surface area contributed by atoms with Gasteiger partial charge in [0.2, 0.25) is 0 Å². The lowest BCUT2D eigenvalue weighted by Gasteiger charge is -2.26. The minimum atomic E-state index is -0.669. The number of hydrogen-bond acceptors (Lipinski definition) is 7. The monoisotopic (exact) mass is 355 g/mol. The normalized spacial score (nSPS) is 28.8. The molecule has 25 heavy (non-hydrogen) atoms. The summed E-state index contributed by atoms with van der Waals surface area (Å²) in [6.45, 7) is 12.6. The summed E-state index contributed by atoms with van der Waals surface area (Å²) in [4.78, 5) is 28.7.